The molecule has 0 bridgehead atoms. The molecule has 78 valence electrons. The number of hydrogen-bond donors (Lipinski definition) is 1. The van der Waals surface area contributed by atoms with E-state index in [9.17, 15) is 9.50 Å². The van der Waals surface area contributed by atoms with E-state index in [1.165, 1.54) is 18.2 Å². The summed E-state index contributed by atoms with van der Waals surface area (Å²) in [6.45, 7) is 4.03. The lowest BCUT2D eigenvalue weighted by atomic mass is 10.00. The highest BCUT2D eigenvalue weighted by molar-refractivity contribution is 6.31. The van der Waals surface area contributed by atoms with Gasteiger partial charge in [0, 0.05) is 5.02 Å². The molecule has 0 amide bonds. The Morgan fingerprint density at radius 3 is 2.57 bits per heavy atom. The molecule has 0 heterocycles. The monoisotopic (exact) mass is 216 g/mol. The first-order valence-electron chi connectivity index (χ1n) is 4.63. The second-order valence-electron chi connectivity index (χ2n) is 3.81. The molecule has 1 aromatic rings. The van der Waals surface area contributed by atoms with Crippen molar-refractivity contribution < 1.29 is 9.50 Å². The normalized spacial score (nSPS) is 13.3. The van der Waals surface area contributed by atoms with Gasteiger partial charge >= 0.3 is 0 Å². The van der Waals surface area contributed by atoms with E-state index in [-0.39, 0.29) is 10.8 Å². The van der Waals surface area contributed by atoms with Crippen LogP contribution in [0.3, 0.4) is 0 Å². The molecule has 0 saturated heterocycles. The molecular weight excluding hydrogens is 203 g/mol. The van der Waals surface area contributed by atoms with Crippen molar-refractivity contribution >= 4 is 11.6 Å². The van der Waals surface area contributed by atoms with Crippen LogP contribution in [0.15, 0.2) is 18.2 Å². The summed E-state index contributed by atoms with van der Waals surface area (Å²) >= 11 is 5.81. The van der Waals surface area contributed by atoms with Gasteiger partial charge in [0.25, 0.3) is 0 Å². The van der Waals surface area contributed by atoms with Gasteiger partial charge in [-0.05, 0) is 30.0 Å². The van der Waals surface area contributed by atoms with Crippen molar-refractivity contribution in [2.45, 2.75) is 26.4 Å². The minimum Gasteiger partial charge on any atom is -0.388 e. The molecule has 0 radical (unpaired) electrons. The average molecular weight is 217 g/mol. The van der Waals surface area contributed by atoms with Crippen molar-refractivity contribution in [1.29, 1.82) is 0 Å². The summed E-state index contributed by atoms with van der Waals surface area (Å²) in [5.41, 5.74) is 0.599. The molecule has 0 fully saturated rings. The van der Waals surface area contributed by atoms with Gasteiger partial charge in [-0.1, -0.05) is 31.5 Å². The zero-order chi connectivity index (χ0) is 10.7. The molecule has 1 unspecified atom stereocenters. The van der Waals surface area contributed by atoms with Crippen molar-refractivity contribution in [2.75, 3.05) is 0 Å². The highest BCUT2D eigenvalue weighted by atomic mass is 35.5. The molecule has 1 rings (SSSR count). The molecule has 0 aliphatic heterocycles. The van der Waals surface area contributed by atoms with Gasteiger partial charge in [0.05, 0.1) is 6.10 Å². The van der Waals surface area contributed by atoms with Crippen molar-refractivity contribution in [3.63, 3.8) is 0 Å². The number of aliphatic hydroxyl groups excluding tert-OH is 1. The third-order valence-electron chi connectivity index (χ3n) is 2.02. The van der Waals surface area contributed by atoms with Crippen molar-refractivity contribution in [1.82, 2.24) is 0 Å². The smallest absolute Gasteiger partial charge is 0.124 e. The third-order valence-corrected chi connectivity index (χ3v) is 2.34. The van der Waals surface area contributed by atoms with E-state index in [2.05, 4.69) is 0 Å². The fraction of sp³-hybridized carbons (Fsp3) is 0.455. The van der Waals surface area contributed by atoms with E-state index in [1.54, 1.807) is 0 Å². The quantitative estimate of drug-likeness (QED) is 0.819. The maximum absolute atomic E-state index is 12.7. The van der Waals surface area contributed by atoms with E-state index in [4.69, 9.17) is 11.6 Å². The van der Waals surface area contributed by atoms with Gasteiger partial charge in [-0.3, -0.25) is 0 Å². The van der Waals surface area contributed by atoms with Crippen LogP contribution in [0.5, 0.6) is 0 Å². The van der Waals surface area contributed by atoms with Gasteiger partial charge in [-0.15, -0.1) is 0 Å². The lowest BCUT2D eigenvalue weighted by Crippen LogP contribution is -2.02. The summed E-state index contributed by atoms with van der Waals surface area (Å²) in [5.74, 6) is 0.00150. The Balaban J connectivity index is 2.84. The van der Waals surface area contributed by atoms with Gasteiger partial charge in [0.15, 0.2) is 0 Å². The number of hydrogen-bond acceptors (Lipinski definition) is 1. The molecule has 0 aromatic heterocycles. The third kappa shape index (κ3) is 2.96. The first-order chi connectivity index (χ1) is 6.50. The summed E-state index contributed by atoms with van der Waals surface area (Å²) in [7, 11) is 0. The van der Waals surface area contributed by atoms with Crippen LogP contribution >= 0.6 is 11.6 Å². The van der Waals surface area contributed by atoms with E-state index >= 15 is 0 Å². The zero-order valence-corrected chi connectivity index (χ0v) is 9.05. The van der Waals surface area contributed by atoms with Gasteiger partial charge in [0.2, 0.25) is 0 Å². The lowest BCUT2D eigenvalue weighted by molar-refractivity contribution is 0.151. The Hall–Kier alpha value is -0.600. The van der Waals surface area contributed by atoms with Crippen LogP contribution in [0.25, 0.3) is 0 Å². The molecule has 1 nitrogen and oxygen atoms in total. The summed E-state index contributed by atoms with van der Waals surface area (Å²) in [6.07, 6.45) is 0.0221. The minimum atomic E-state index is -0.608. The summed E-state index contributed by atoms with van der Waals surface area (Å²) in [5, 5.41) is 10.0. The number of benzene rings is 1. The minimum absolute atomic E-state index is 0.290. The lowest BCUT2D eigenvalue weighted by Gasteiger charge is -2.14. The molecule has 1 atom stereocenters. The van der Waals surface area contributed by atoms with Crippen LogP contribution in [0.1, 0.15) is 31.9 Å². The Bertz CT molecular complexity index is 312. The Kier molecular flexibility index (Phi) is 3.90. The topological polar surface area (TPSA) is 20.2 Å². The molecule has 14 heavy (non-hydrogen) atoms. The van der Waals surface area contributed by atoms with Gasteiger partial charge in [-0.2, -0.15) is 0 Å². The van der Waals surface area contributed by atoms with E-state index < -0.39 is 6.10 Å². The highest BCUT2D eigenvalue weighted by Crippen LogP contribution is 2.27. The summed E-state index contributed by atoms with van der Waals surface area (Å²) in [4.78, 5) is 0. The molecule has 1 N–H and O–H groups in total. The average Bonchev–Trinajstić information content (AvgIpc) is 2.01. The molecule has 1 aromatic carbocycles. The van der Waals surface area contributed by atoms with Crippen LogP contribution in [-0.2, 0) is 0 Å². The largest absolute Gasteiger partial charge is 0.388 e. The predicted molar refractivity (Wildman–Crippen MR) is 55.8 cm³/mol. The van der Waals surface area contributed by atoms with E-state index in [0.717, 1.165) is 0 Å². The van der Waals surface area contributed by atoms with Crippen LogP contribution in [0.4, 0.5) is 4.39 Å². The fourth-order valence-electron chi connectivity index (χ4n) is 1.35. The Labute approximate surface area is 88.5 Å². The van der Waals surface area contributed by atoms with Crippen LogP contribution in [-0.4, -0.2) is 5.11 Å². The molecule has 3 heteroatoms. The van der Waals surface area contributed by atoms with Gasteiger partial charge in [-0.25, -0.2) is 4.39 Å². The van der Waals surface area contributed by atoms with Crippen molar-refractivity contribution in [2.24, 2.45) is 5.92 Å². The van der Waals surface area contributed by atoms with Crippen molar-refractivity contribution in [3.05, 3.63) is 34.6 Å². The molecule has 0 spiro atoms. The number of rotatable bonds is 3. The Morgan fingerprint density at radius 1 is 1.43 bits per heavy atom. The number of halogens is 2. The van der Waals surface area contributed by atoms with Crippen LogP contribution in [0, 0.1) is 11.7 Å². The molecule has 0 aliphatic rings. The number of aliphatic hydroxyl groups is 1. The zero-order valence-electron chi connectivity index (χ0n) is 8.30. The van der Waals surface area contributed by atoms with Crippen LogP contribution < -0.4 is 0 Å². The summed E-state index contributed by atoms with van der Waals surface area (Å²) in [6, 6.07) is 4.07. The molecule has 0 saturated carbocycles. The Morgan fingerprint density at radius 2 is 2.07 bits per heavy atom. The molecule has 0 aliphatic carbocycles. The second kappa shape index (κ2) is 4.76. The maximum atomic E-state index is 12.7. The standard InChI is InChI=1S/C11H14ClFO/c1-7(2)5-11(14)9-4-3-8(13)6-10(9)12/h3-4,6-7,11,14H,5H2,1-2H3. The van der Waals surface area contributed by atoms with Crippen LogP contribution in [0.2, 0.25) is 5.02 Å². The summed E-state index contributed by atoms with van der Waals surface area (Å²) < 4.78 is 12.7. The predicted octanol–water partition coefficient (Wildman–Crippen LogP) is 3.56. The first kappa shape index (κ1) is 11.5. The SMILES string of the molecule is CC(C)CC(O)c1ccc(F)cc1Cl. The maximum Gasteiger partial charge on any atom is 0.124 e. The van der Waals surface area contributed by atoms with Gasteiger partial charge < -0.3 is 5.11 Å². The fourth-order valence-corrected chi connectivity index (χ4v) is 1.64. The van der Waals surface area contributed by atoms with E-state index in [0.29, 0.717) is 17.9 Å². The highest BCUT2D eigenvalue weighted by Gasteiger charge is 2.13. The first-order valence-corrected chi connectivity index (χ1v) is 5.01. The second-order valence-corrected chi connectivity index (χ2v) is 4.22. The van der Waals surface area contributed by atoms with E-state index in [1.807, 2.05) is 13.8 Å². The van der Waals surface area contributed by atoms with Crippen molar-refractivity contribution in [3.8, 4) is 0 Å². The molecular formula is C11H14ClFO. The van der Waals surface area contributed by atoms with Gasteiger partial charge in [0.1, 0.15) is 5.82 Å².